The molecule has 66 valence electrons. The Kier molecular flexibility index (Phi) is 2.61. The molecule has 1 fully saturated rings. The van der Waals surface area contributed by atoms with Crippen molar-refractivity contribution < 1.29 is 22.6 Å². The molecule has 11 heavy (non-hydrogen) atoms. The van der Waals surface area contributed by atoms with Crippen LogP contribution in [-0.2, 0) is 9.47 Å². The third-order valence-corrected chi connectivity index (χ3v) is 1.53. The molecule has 0 amide bonds. The molecular weight excluding hydrogens is 184 g/mol. The van der Waals surface area contributed by atoms with E-state index in [-0.39, 0.29) is 12.5 Å². The van der Waals surface area contributed by atoms with E-state index in [1.807, 2.05) is 0 Å². The lowest BCUT2D eigenvalue weighted by atomic mass is 10.4. The topological polar surface area (TPSA) is 18.5 Å². The monoisotopic (exact) mass is 190 g/mol. The highest BCUT2D eigenvalue weighted by Crippen LogP contribution is 2.28. The zero-order valence-corrected chi connectivity index (χ0v) is 6.15. The zero-order chi connectivity index (χ0) is 8.48. The molecule has 1 rings (SSSR count). The highest BCUT2D eigenvalue weighted by Gasteiger charge is 2.46. The SMILES string of the molecule is FC(F)(F)[C@H]1OC[C@@H](CCl)O1. The highest BCUT2D eigenvalue weighted by molar-refractivity contribution is 6.18. The predicted molar refractivity (Wildman–Crippen MR) is 31.4 cm³/mol. The fraction of sp³-hybridized carbons (Fsp3) is 1.00. The molecule has 0 aliphatic carbocycles. The third-order valence-electron chi connectivity index (χ3n) is 1.19. The Labute approximate surface area is 66.2 Å². The minimum Gasteiger partial charge on any atom is -0.342 e. The maximum Gasteiger partial charge on any atom is 0.440 e. The minimum absolute atomic E-state index is 0.0204. The molecule has 0 N–H and O–H groups in total. The van der Waals surface area contributed by atoms with Crippen LogP contribution in [0.2, 0.25) is 0 Å². The number of alkyl halides is 4. The summed E-state index contributed by atoms with van der Waals surface area (Å²) >= 11 is 5.25. The van der Waals surface area contributed by atoms with Crippen LogP contribution in [0.25, 0.3) is 0 Å². The van der Waals surface area contributed by atoms with Gasteiger partial charge in [0.05, 0.1) is 18.6 Å². The molecular formula is C5H6ClF3O2. The molecule has 1 saturated heterocycles. The largest absolute Gasteiger partial charge is 0.440 e. The Morgan fingerprint density at radius 1 is 1.45 bits per heavy atom. The second-order valence-corrected chi connectivity index (χ2v) is 2.43. The van der Waals surface area contributed by atoms with Crippen molar-refractivity contribution in [1.29, 1.82) is 0 Å². The molecule has 1 aliphatic heterocycles. The molecule has 0 aromatic heterocycles. The predicted octanol–water partition coefficient (Wildman–Crippen LogP) is 1.53. The van der Waals surface area contributed by atoms with E-state index in [0.717, 1.165) is 0 Å². The normalized spacial score (nSPS) is 32.7. The summed E-state index contributed by atoms with van der Waals surface area (Å²) in [6, 6.07) is 0. The second kappa shape index (κ2) is 3.16. The average Bonchev–Trinajstić information content (AvgIpc) is 2.32. The maximum absolute atomic E-state index is 11.8. The van der Waals surface area contributed by atoms with Crippen LogP contribution in [0.4, 0.5) is 13.2 Å². The van der Waals surface area contributed by atoms with Gasteiger partial charge in [-0.05, 0) is 0 Å². The molecule has 1 heterocycles. The van der Waals surface area contributed by atoms with E-state index in [1.54, 1.807) is 0 Å². The average molecular weight is 191 g/mol. The zero-order valence-electron chi connectivity index (χ0n) is 5.40. The van der Waals surface area contributed by atoms with Gasteiger partial charge in [0, 0.05) is 0 Å². The summed E-state index contributed by atoms with van der Waals surface area (Å²) in [5.41, 5.74) is 0. The van der Waals surface area contributed by atoms with Crippen LogP contribution in [-0.4, -0.2) is 31.1 Å². The molecule has 0 radical (unpaired) electrons. The summed E-state index contributed by atoms with van der Waals surface area (Å²) in [6.07, 6.45) is -7.17. The van der Waals surface area contributed by atoms with Crippen LogP contribution in [0.3, 0.4) is 0 Å². The van der Waals surface area contributed by atoms with Gasteiger partial charge in [-0.1, -0.05) is 0 Å². The van der Waals surface area contributed by atoms with Crippen molar-refractivity contribution in [2.24, 2.45) is 0 Å². The van der Waals surface area contributed by atoms with E-state index in [1.165, 1.54) is 0 Å². The molecule has 0 unspecified atom stereocenters. The van der Waals surface area contributed by atoms with E-state index in [0.29, 0.717) is 0 Å². The van der Waals surface area contributed by atoms with Gasteiger partial charge in [0.1, 0.15) is 0 Å². The summed E-state index contributed by atoms with van der Waals surface area (Å²) in [5, 5.41) is 0. The van der Waals surface area contributed by atoms with Crippen molar-refractivity contribution in [2.45, 2.75) is 18.6 Å². The quantitative estimate of drug-likeness (QED) is 0.584. The molecule has 2 nitrogen and oxygen atoms in total. The summed E-state index contributed by atoms with van der Waals surface area (Å²) in [5.74, 6) is 0.0204. The molecule has 6 heteroatoms. The van der Waals surface area contributed by atoms with E-state index in [4.69, 9.17) is 11.6 Å². The van der Waals surface area contributed by atoms with E-state index in [9.17, 15) is 13.2 Å². The third kappa shape index (κ3) is 2.21. The van der Waals surface area contributed by atoms with E-state index >= 15 is 0 Å². The minimum atomic E-state index is -4.44. The van der Waals surface area contributed by atoms with Gasteiger partial charge >= 0.3 is 6.18 Å². The van der Waals surface area contributed by atoms with Gasteiger partial charge in [-0.25, -0.2) is 0 Å². The van der Waals surface area contributed by atoms with Crippen molar-refractivity contribution in [3.8, 4) is 0 Å². The molecule has 2 atom stereocenters. The van der Waals surface area contributed by atoms with Crippen molar-refractivity contribution in [2.75, 3.05) is 12.5 Å². The van der Waals surface area contributed by atoms with Crippen molar-refractivity contribution >= 4 is 11.6 Å². The standard InChI is InChI=1S/C5H6ClF3O2/c6-1-3-2-10-4(11-3)5(7,8)9/h3-4H,1-2H2/t3-,4+/m1/s1. The summed E-state index contributed by atoms with van der Waals surface area (Å²) < 4.78 is 44.0. The first-order valence-electron chi connectivity index (χ1n) is 2.94. The van der Waals surface area contributed by atoms with E-state index in [2.05, 4.69) is 9.47 Å². The van der Waals surface area contributed by atoms with Gasteiger partial charge in [0.2, 0.25) is 0 Å². The lowest BCUT2D eigenvalue weighted by Gasteiger charge is -2.12. The molecule has 0 aromatic rings. The first-order valence-corrected chi connectivity index (χ1v) is 3.47. The summed E-state index contributed by atoms with van der Waals surface area (Å²) in [6.45, 7) is -0.0896. The number of hydrogen-bond acceptors (Lipinski definition) is 2. The van der Waals surface area contributed by atoms with Gasteiger partial charge in [0.25, 0.3) is 6.29 Å². The van der Waals surface area contributed by atoms with Crippen LogP contribution in [0.15, 0.2) is 0 Å². The molecule has 0 spiro atoms. The molecule has 0 saturated carbocycles. The number of ether oxygens (including phenoxy) is 2. The number of hydrogen-bond donors (Lipinski definition) is 0. The first kappa shape index (κ1) is 9.09. The van der Waals surface area contributed by atoms with Crippen molar-refractivity contribution in [3.05, 3.63) is 0 Å². The van der Waals surface area contributed by atoms with Gasteiger partial charge in [-0.3, -0.25) is 0 Å². The van der Waals surface area contributed by atoms with Gasteiger partial charge < -0.3 is 9.47 Å². The number of halogens is 4. The fourth-order valence-corrected chi connectivity index (χ4v) is 0.862. The second-order valence-electron chi connectivity index (χ2n) is 2.12. The van der Waals surface area contributed by atoms with Gasteiger partial charge in [-0.2, -0.15) is 13.2 Å². The maximum atomic E-state index is 11.8. The van der Waals surface area contributed by atoms with Crippen LogP contribution in [0, 0.1) is 0 Å². The number of rotatable bonds is 1. The molecule has 0 bridgehead atoms. The summed E-state index contributed by atoms with van der Waals surface area (Å²) in [4.78, 5) is 0. The van der Waals surface area contributed by atoms with Crippen LogP contribution >= 0.6 is 11.6 Å². The molecule has 1 aliphatic rings. The van der Waals surface area contributed by atoms with Gasteiger partial charge in [0.15, 0.2) is 0 Å². The Morgan fingerprint density at radius 2 is 2.09 bits per heavy atom. The van der Waals surface area contributed by atoms with Crippen molar-refractivity contribution in [1.82, 2.24) is 0 Å². The molecule has 0 aromatic carbocycles. The Morgan fingerprint density at radius 3 is 2.36 bits per heavy atom. The van der Waals surface area contributed by atoms with Crippen molar-refractivity contribution in [3.63, 3.8) is 0 Å². The highest BCUT2D eigenvalue weighted by atomic mass is 35.5. The lowest BCUT2D eigenvalue weighted by molar-refractivity contribution is -0.276. The first-order chi connectivity index (χ1) is 5.04. The van der Waals surface area contributed by atoms with Crippen LogP contribution in [0.1, 0.15) is 0 Å². The van der Waals surface area contributed by atoms with Gasteiger partial charge in [-0.15, -0.1) is 11.6 Å². The lowest BCUT2D eigenvalue weighted by Crippen LogP contribution is -2.30. The Bertz CT molecular complexity index is 138. The smallest absolute Gasteiger partial charge is 0.342 e. The van der Waals surface area contributed by atoms with Crippen LogP contribution < -0.4 is 0 Å². The Balaban J connectivity index is 2.42. The van der Waals surface area contributed by atoms with Crippen LogP contribution in [0.5, 0.6) is 0 Å². The fourth-order valence-electron chi connectivity index (χ4n) is 0.701. The van der Waals surface area contributed by atoms with E-state index < -0.39 is 18.6 Å². The summed E-state index contributed by atoms with van der Waals surface area (Å²) in [7, 11) is 0. The Hall–Kier alpha value is -0.0000000000000000208.